The van der Waals surface area contributed by atoms with Crippen LogP contribution in [0.5, 0.6) is 0 Å². The van der Waals surface area contributed by atoms with Gasteiger partial charge in [-0.2, -0.15) is 0 Å². The molecule has 0 saturated carbocycles. The van der Waals surface area contributed by atoms with Crippen LogP contribution in [0.2, 0.25) is 0 Å². The predicted octanol–water partition coefficient (Wildman–Crippen LogP) is 24.0. The van der Waals surface area contributed by atoms with Crippen molar-refractivity contribution in [2.75, 3.05) is 0 Å². The number of hydrogen-bond acceptors (Lipinski definition) is 10. The van der Waals surface area contributed by atoms with Crippen LogP contribution < -0.4 is 0 Å². The van der Waals surface area contributed by atoms with E-state index in [-0.39, 0.29) is 0 Å². The van der Waals surface area contributed by atoms with E-state index < -0.39 is 0 Å². The first-order valence-electron chi connectivity index (χ1n) is 36.0. The topological polar surface area (TPSA) is 129 Å². The fraction of sp³-hybridized carbons (Fsp3) is 0.0309. The minimum Gasteiger partial charge on any atom is -0.265 e. The molecule has 10 heteroatoms. The highest BCUT2D eigenvalue weighted by Crippen LogP contribution is 2.38. The fourth-order valence-electron chi connectivity index (χ4n) is 14.2. The molecule has 0 radical (unpaired) electrons. The average molecular weight is 1370 g/mol. The van der Waals surface area contributed by atoms with Gasteiger partial charge >= 0.3 is 0 Å². The van der Waals surface area contributed by atoms with Gasteiger partial charge in [-0.3, -0.25) is 9.97 Å². The van der Waals surface area contributed by atoms with E-state index in [9.17, 15) is 0 Å². The number of benzene rings is 11. The molecule has 0 atom stereocenters. The third-order valence-electron chi connectivity index (χ3n) is 19.9. The summed E-state index contributed by atoms with van der Waals surface area (Å²) in [5.74, 6) is 1.37. The fourth-order valence-corrected chi connectivity index (χ4v) is 14.2. The van der Waals surface area contributed by atoms with Gasteiger partial charge in [0.25, 0.3) is 0 Å². The van der Waals surface area contributed by atoms with Crippen molar-refractivity contribution in [2.24, 2.45) is 0 Å². The van der Waals surface area contributed by atoms with Crippen molar-refractivity contribution in [3.8, 4) is 135 Å². The molecule has 0 bridgehead atoms. The molecule has 10 nitrogen and oxygen atoms in total. The lowest BCUT2D eigenvalue weighted by atomic mass is 9.98. The Morgan fingerprint density at radius 1 is 0.224 bits per heavy atom. The molecule has 0 saturated heterocycles. The minimum absolute atomic E-state index is 0.674. The molecule has 0 fully saturated rings. The first kappa shape index (κ1) is 64.8. The number of nitrogens with zero attached hydrogens (tertiary/aromatic N) is 10. The number of aromatic nitrogens is 10. The predicted molar refractivity (Wildman–Crippen MR) is 438 cm³/mol. The number of hydrogen-bond donors (Lipinski definition) is 0. The van der Waals surface area contributed by atoms with E-state index in [0.717, 1.165) is 173 Å². The van der Waals surface area contributed by atoms with Crippen LogP contribution in [-0.4, -0.2) is 49.8 Å². The second-order valence-corrected chi connectivity index (χ2v) is 26.6. The molecule has 8 aromatic heterocycles. The van der Waals surface area contributed by atoms with E-state index >= 15 is 0 Å². The summed E-state index contributed by atoms with van der Waals surface area (Å²) in [7, 11) is 0. The molecule has 0 aliphatic rings. The molecule has 19 aromatic rings. The maximum absolute atomic E-state index is 5.27. The lowest BCUT2D eigenvalue weighted by Crippen LogP contribution is -1.96. The zero-order chi connectivity index (χ0) is 71.6. The summed E-state index contributed by atoms with van der Waals surface area (Å²) >= 11 is 0. The van der Waals surface area contributed by atoms with Crippen LogP contribution in [0.25, 0.3) is 189 Å². The lowest BCUT2D eigenvalue weighted by Gasteiger charge is -2.12. The van der Waals surface area contributed by atoms with Gasteiger partial charge < -0.3 is 0 Å². The van der Waals surface area contributed by atoms with E-state index in [1.165, 1.54) is 21.9 Å². The summed E-state index contributed by atoms with van der Waals surface area (Å²) in [5.41, 5.74) is 28.2. The van der Waals surface area contributed by atoms with Crippen LogP contribution in [0.4, 0.5) is 0 Å². The Morgan fingerprint density at radius 2 is 0.617 bits per heavy atom. The van der Waals surface area contributed by atoms with Crippen molar-refractivity contribution in [1.29, 1.82) is 0 Å². The first-order valence-corrected chi connectivity index (χ1v) is 36.0. The van der Waals surface area contributed by atoms with Gasteiger partial charge in [-0.25, -0.2) is 39.9 Å². The standard InChI is InChI=1S/C50H33N5.C47H33N5/c1-32-30-47(43-13-7-11-35-8-5-6-12-42(35)43)53-49-41(32)24-22-39-23-25-44(52-48(39)49)36-18-14-33(15-19-36)34-16-20-37(21-17-34)45-31-46(38-26-28-51-29-27-38)55-50(54-45)40-9-3-2-4-10-40;1-2-31-28-42(34-10-5-3-6-11-34)50-46-40(31)25-23-37-24-26-41(49-45(37)46)36-19-15-32(16-20-36)33-17-21-38(22-18-33)47-51-43(35-12-7-4-8-13-35)29-44(52-47)39-14-9-27-48-30-39/h2-31H,1H3;3-30H,2H2,1H3. The van der Waals surface area contributed by atoms with E-state index in [4.69, 9.17) is 39.9 Å². The molecular weight excluding hydrogens is 1310 g/mol. The third kappa shape index (κ3) is 13.2. The Labute approximate surface area is 619 Å². The van der Waals surface area contributed by atoms with Crippen LogP contribution in [0.15, 0.2) is 352 Å². The highest BCUT2D eigenvalue weighted by molar-refractivity contribution is 6.07. The Balaban J connectivity index is 0.000000152. The normalized spacial score (nSPS) is 11.3. The summed E-state index contributed by atoms with van der Waals surface area (Å²) in [6.07, 6.45) is 8.11. The summed E-state index contributed by atoms with van der Waals surface area (Å²) < 4.78 is 0. The Morgan fingerprint density at radius 3 is 1.15 bits per heavy atom. The third-order valence-corrected chi connectivity index (χ3v) is 19.9. The van der Waals surface area contributed by atoms with Crippen LogP contribution in [0.1, 0.15) is 18.1 Å². The van der Waals surface area contributed by atoms with Gasteiger partial charge in [0, 0.05) is 102 Å². The highest BCUT2D eigenvalue weighted by atomic mass is 14.9. The number of fused-ring (bicyclic) bond motifs is 7. The summed E-state index contributed by atoms with van der Waals surface area (Å²) in [6.45, 7) is 4.36. The van der Waals surface area contributed by atoms with Gasteiger partial charge in [0.05, 0.1) is 67.6 Å². The van der Waals surface area contributed by atoms with Crippen molar-refractivity contribution in [2.45, 2.75) is 20.3 Å². The van der Waals surface area contributed by atoms with Crippen molar-refractivity contribution in [1.82, 2.24) is 49.8 Å². The van der Waals surface area contributed by atoms with Gasteiger partial charge in [0.1, 0.15) is 0 Å². The summed E-state index contributed by atoms with van der Waals surface area (Å²) in [4.78, 5) is 49.2. The maximum atomic E-state index is 5.27. The number of rotatable bonds is 13. The molecule has 19 rings (SSSR count). The van der Waals surface area contributed by atoms with Crippen molar-refractivity contribution >= 4 is 54.4 Å². The maximum Gasteiger partial charge on any atom is 0.160 e. The summed E-state index contributed by atoms with van der Waals surface area (Å²) in [5, 5.41) is 6.83. The molecule has 0 unspecified atom stereocenters. The Hall–Kier alpha value is -14.2. The Bertz CT molecular complexity index is 6370. The zero-order valence-electron chi connectivity index (χ0n) is 58.7. The molecule has 0 spiro atoms. The van der Waals surface area contributed by atoms with Crippen LogP contribution in [-0.2, 0) is 6.42 Å². The molecule has 0 amide bonds. The molecule has 8 heterocycles. The average Bonchev–Trinajstić information content (AvgIpc) is 0.756. The van der Waals surface area contributed by atoms with Gasteiger partial charge in [0.15, 0.2) is 11.6 Å². The Kier molecular flexibility index (Phi) is 17.3. The molecule has 0 N–H and O–H groups in total. The molecule has 0 aliphatic heterocycles. The highest BCUT2D eigenvalue weighted by Gasteiger charge is 2.18. The van der Waals surface area contributed by atoms with Gasteiger partial charge in [-0.15, -0.1) is 0 Å². The molecule has 107 heavy (non-hydrogen) atoms. The quantitative estimate of drug-likeness (QED) is 0.103. The van der Waals surface area contributed by atoms with Crippen LogP contribution >= 0.6 is 0 Å². The molecule has 504 valence electrons. The monoisotopic (exact) mass is 1370 g/mol. The van der Waals surface area contributed by atoms with E-state index in [0.29, 0.717) is 11.6 Å². The number of pyridine rings is 6. The minimum atomic E-state index is 0.674. The zero-order valence-corrected chi connectivity index (χ0v) is 58.7. The van der Waals surface area contributed by atoms with E-state index in [2.05, 4.69) is 260 Å². The van der Waals surface area contributed by atoms with E-state index in [1.807, 2.05) is 97.2 Å². The second-order valence-electron chi connectivity index (χ2n) is 26.6. The van der Waals surface area contributed by atoms with Crippen LogP contribution in [0, 0.1) is 6.92 Å². The molecule has 0 aliphatic carbocycles. The smallest absolute Gasteiger partial charge is 0.160 e. The van der Waals surface area contributed by atoms with Crippen molar-refractivity contribution < 1.29 is 0 Å². The second kappa shape index (κ2) is 28.5. The van der Waals surface area contributed by atoms with E-state index in [1.54, 1.807) is 18.6 Å². The molecule has 11 aromatic carbocycles. The number of aryl methyl sites for hydroxylation is 2. The van der Waals surface area contributed by atoms with Gasteiger partial charge in [-0.05, 0) is 118 Å². The first-order chi connectivity index (χ1) is 52.8. The van der Waals surface area contributed by atoms with Crippen LogP contribution in [0.3, 0.4) is 0 Å². The van der Waals surface area contributed by atoms with Gasteiger partial charge in [-0.1, -0.05) is 274 Å². The van der Waals surface area contributed by atoms with Gasteiger partial charge in [0.2, 0.25) is 0 Å². The molecular formula is C97H66N10. The largest absolute Gasteiger partial charge is 0.265 e. The van der Waals surface area contributed by atoms with Crippen molar-refractivity contribution in [3.63, 3.8) is 0 Å². The summed E-state index contributed by atoms with van der Waals surface area (Å²) in [6, 6.07) is 113. The van der Waals surface area contributed by atoms with Crippen molar-refractivity contribution in [3.05, 3.63) is 363 Å². The SMILES string of the molecule is CCc1cc(-c2ccccc2)nc2c1ccc1ccc(-c3ccc(-c4ccc(-c5nc(-c6ccccc6)cc(-c6cccnc6)n5)cc4)cc3)nc12.Cc1cc(-c2cccc3ccccc23)nc2c1ccc1ccc(-c3ccc(-c4ccc(-c5cc(-c6ccncc6)nc(-c6ccccc6)n5)cc4)cc3)nc12. The lowest BCUT2D eigenvalue weighted by molar-refractivity contribution is 1.15.